The lowest BCUT2D eigenvalue weighted by Crippen LogP contribution is -2.45. The molecule has 6 heteroatoms. The van der Waals surface area contributed by atoms with Gasteiger partial charge in [-0.3, -0.25) is 14.5 Å². The quantitative estimate of drug-likeness (QED) is 0.489. The van der Waals surface area contributed by atoms with Crippen molar-refractivity contribution < 1.29 is 9.59 Å². The first-order valence-corrected chi connectivity index (χ1v) is 11.6. The molecular formula is C25H27ClN2O2S. The number of anilines is 1. The van der Waals surface area contributed by atoms with Crippen molar-refractivity contribution in [3.63, 3.8) is 0 Å². The highest BCUT2D eigenvalue weighted by atomic mass is 35.5. The normalized spacial score (nSPS) is 21.7. The molecule has 0 radical (unpaired) electrons. The Bertz CT molecular complexity index is 1110. The van der Waals surface area contributed by atoms with Gasteiger partial charge in [-0.1, -0.05) is 36.7 Å². The molecule has 0 bridgehead atoms. The second-order valence-electron chi connectivity index (χ2n) is 9.10. The van der Waals surface area contributed by atoms with Crippen LogP contribution >= 0.6 is 23.4 Å². The Morgan fingerprint density at radius 2 is 1.94 bits per heavy atom. The zero-order valence-corrected chi connectivity index (χ0v) is 20.1. The third kappa shape index (κ3) is 4.01. The number of thioether (sulfide) groups is 1. The zero-order valence-electron chi connectivity index (χ0n) is 18.5. The van der Waals surface area contributed by atoms with Crippen LogP contribution in [0.15, 0.2) is 41.3 Å². The van der Waals surface area contributed by atoms with Gasteiger partial charge in [0.25, 0.3) is 11.1 Å². The number of rotatable bonds is 3. The second kappa shape index (κ2) is 8.03. The number of hydrogen-bond acceptors (Lipinski definition) is 4. The van der Waals surface area contributed by atoms with E-state index in [2.05, 4.69) is 51.8 Å². The molecule has 2 aliphatic heterocycles. The number of carbonyl (C=O) groups excluding carboxylic acids is 2. The van der Waals surface area contributed by atoms with Crippen molar-refractivity contribution in [3.8, 4) is 0 Å². The van der Waals surface area contributed by atoms with E-state index in [1.807, 2.05) is 24.3 Å². The Hall–Kier alpha value is -2.24. The molecule has 1 saturated heterocycles. The van der Waals surface area contributed by atoms with E-state index in [0.717, 1.165) is 34.9 Å². The summed E-state index contributed by atoms with van der Waals surface area (Å²) in [5.74, 6) is 0.155. The monoisotopic (exact) mass is 454 g/mol. The lowest BCUT2D eigenvalue weighted by atomic mass is 9.79. The molecule has 1 atom stereocenters. The largest absolute Gasteiger partial charge is 0.369 e. The minimum atomic E-state index is -0.265. The van der Waals surface area contributed by atoms with Crippen LogP contribution in [-0.2, 0) is 11.3 Å². The van der Waals surface area contributed by atoms with Crippen molar-refractivity contribution in [2.24, 2.45) is 0 Å². The molecule has 2 heterocycles. The van der Waals surface area contributed by atoms with Crippen LogP contribution < -0.4 is 4.90 Å². The molecule has 31 heavy (non-hydrogen) atoms. The summed E-state index contributed by atoms with van der Waals surface area (Å²) in [5.41, 5.74) is 5.47. The highest BCUT2D eigenvalue weighted by molar-refractivity contribution is 8.18. The third-order valence-corrected chi connectivity index (χ3v) is 7.74. The van der Waals surface area contributed by atoms with E-state index in [9.17, 15) is 9.59 Å². The van der Waals surface area contributed by atoms with E-state index in [1.165, 1.54) is 16.2 Å². The predicted octanol–water partition coefficient (Wildman–Crippen LogP) is 6.61. The minimum absolute atomic E-state index is 0.0989. The van der Waals surface area contributed by atoms with Gasteiger partial charge >= 0.3 is 0 Å². The van der Waals surface area contributed by atoms with Crippen LogP contribution in [0.1, 0.15) is 55.4 Å². The van der Waals surface area contributed by atoms with Gasteiger partial charge in [-0.05, 0) is 91.4 Å². The number of hydrogen-bond donors (Lipinski definition) is 0. The van der Waals surface area contributed by atoms with Crippen LogP contribution in [0.3, 0.4) is 0 Å². The molecule has 4 rings (SSSR count). The smallest absolute Gasteiger partial charge is 0.293 e. The molecule has 0 unspecified atom stereocenters. The van der Waals surface area contributed by atoms with E-state index in [0.29, 0.717) is 15.8 Å². The number of aryl methyl sites for hydroxylation is 1. The van der Waals surface area contributed by atoms with Crippen LogP contribution in [-0.4, -0.2) is 28.6 Å². The first-order valence-electron chi connectivity index (χ1n) is 10.5. The average molecular weight is 455 g/mol. The van der Waals surface area contributed by atoms with E-state index in [1.54, 1.807) is 6.07 Å². The number of nitrogens with zero attached hydrogens (tertiary/aromatic N) is 2. The van der Waals surface area contributed by atoms with Crippen LogP contribution in [0.5, 0.6) is 0 Å². The van der Waals surface area contributed by atoms with Gasteiger partial charge in [0.05, 0.1) is 11.4 Å². The van der Waals surface area contributed by atoms with Crippen LogP contribution in [0, 0.1) is 6.92 Å². The number of amides is 2. The molecule has 2 aromatic carbocycles. The highest BCUT2D eigenvalue weighted by Crippen LogP contribution is 2.44. The molecule has 4 nitrogen and oxygen atoms in total. The Labute approximate surface area is 193 Å². The summed E-state index contributed by atoms with van der Waals surface area (Å²) in [6, 6.07) is 11.7. The third-order valence-electron chi connectivity index (χ3n) is 6.47. The maximum atomic E-state index is 13.0. The number of halogens is 1. The summed E-state index contributed by atoms with van der Waals surface area (Å²) >= 11 is 7.22. The summed E-state index contributed by atoms with van der Waals surface area (Å²) in [4.78, 5) is 29.6. The summed E-state index contributed by atoms with van der Waals surface area (Å²) in [5, 5.41) is 0.290. The molecule has 0 aromatic heterocycles. The molecule has 0 N–H and O–H groups in total. The fourth-order valence-corrected chi connectivity index (χ4v) is 5.49. The highest BCUT2D eigenvalue weighted by Gasteiger charge is 2.37. The lowest BCUT2D eigenvalue weighted by Gasteiger charge is -2.45. The molecule has 1 fully saturated rings. The Balaban J connectivity index is 1.65. The summed E-state index contributed by atoms with van der Waals surface area (Å²) in [6.45, 7) is 9.03. The fraction of sp³-hybridized carbons (Fsp3) is 0.360. The van der Waals surface area contributed by atoms with Crippen molar-refractivity contribution in [3.05, 3.63) is 68.6 Å². The first-order chi connectivity index (χ1) is 14.6. The van der Waals surface area contributed by atoms with Gasteiger partial charge in [-0.25, -0.2) is 0 Å². The van der Waals surface area contributed by atoms with Crippen LogP contribution in [0.2, 0.25) is 5.02 Å². The molecule has 0 spiro atoms. The van der Waals surface area contributed by atoms with Crippen LogP contribution in [0.25, 0.3) is 6.08 Å². The SMILES string of the molecule is Cc1cc2c(cc1/C=C1\SC(=O)N(Cc3ccccc3Cl)C1=O)[C@H](C)CC(C)(C)N2C. The van der Waals surface area contributed by atoms with Gasteiger partial charge in [0.1, 0.15) is 0 Å². The number of carbonyl (C=O) groups is 2. The second-order valence-corrected chi connectivity index (χ2v) is 10.5. The topological polar surface area (TPSA) is 40.6 Å². The summed E-state index contributed by atoms with van der Waals surface area (Å²) < 4.78 is 0. The summed E-state index contributed by atoms with van der Waals surface area (Å²) in [7, 11) is 2.14. The van der Waals surface area contributed by atoms with Gasteiger partial charge in [-0.15, -0.1) is 0 Å². The molecule has 2 aliphatic rings. The Morgan fingerprint density at radius 3 is 2.65 bits per heavy atom. The van der Waals surface area contributed by atoms with Crippen molar-refractivity contribution >= 4 is 46.3 Å². The number of imide groups is 1. The molecule has 2 amide bonds. The Morgan fingerprint density at radius 1 is 1.23 bits per heavy atom. The van der Waals surface area contributed by atoms with Crippen molar-refractivity contribution in [2.75, 3.05) is 11.9 Å². The van der Waals surface area contributed by atoms with Gasteiger partial charge in [0.15, 0.2) is 0 Å². The first kappa shape index (κ1) is 22.0. The number of benzene rings is 2. The van der Waals surface area contributed by atoms with Gasteiger partial charge < -0.3 is 4.90 Å². The zero-order chi connectivity index (χ0) is 22.5. The molecule has 162 valence electrons. The predicted molar refractivity (Wildman–Crippen MR) is 130 cm³/mol. The fourth-order valence-electron chi connectivity index (χ4n) is 4.46. The van der Waals surface area contributed by atoms with Crippen molar-refractivity contribution in [1.29, 1.82) is 0 Å². The summed E-state index contributed by atoms with van der Waals surface area (Å²) in [6.07, 6.45) is 2.92. The van der Waals surface area contributed by atoms with E-state index >= 15 is 0 Å². The van der Waals surface area contributed by atoms with Crippen molar-refractivity contribution in [2.45, 2.75) is 52.1 Å². The molecule has 2 aromatic rings. The van der Waals surface area contributed by atoms with Crippen molar-refractivity contribution in [1.82, 2.24) is 4.90 Å². The van der Waals surface area contributed by atoms with E-state index < -0.39 is 0 Å². The maximum absolute atomic E-state index is 13.0. The minimum Gasteiger partial charge on any atom is -0.369 e. The van der Waals surface area contributed by atoms with Gasteiger partial charge in [0.2, 0.25) is 0 Å². The average Bonchev–Trinajstić information content (AvgIpc) is 2.96. The Kier molecular flexibility index (Phi) is 5.69. The van der Waals surface area contributed by atoms with E-state index in [4.69, 9.17) is 11.6 Å². The molecule has 0 saturated carbocycles. The van der Waals surface area contributed by atoms with Gasteiger partial charge in [0, 0.05) is 23.3 Å². The molecular weight excluding hydrogens is 428 g/mol. The van der Waals surface area contributed by atoms with Crippen LogP contribution in [0.4, 0.5) is 10.5 Å². The lowest BCUT2D eigenvalue weighted by molar-refractivity contribution is -0.123. The molecule has 0 aliphatic carbocycles. The van der Waals surface area contributed by atoms with Gasteiger partial charge in [-0.2, -0.15) is 0 Å². The number of fused-ring (bicyclic) bond motifs is 1. The maximum Gasteiger partial charge on any atom is 0.293 e. The van der Waals surface area contributed by atoms with E-state index in [-0.39, 0.29) is 23.2 Å². The standard InChI is InChI=1S/C25H27ClN2O2S/c1-15-10-21-19(16(2)13-25(3,4)27(21)5)11-18(15)12-22-23(29)28(24(30)31-22)14-17-8-6-7-9-20(17)26/h6-12,16H,13-14H2,1-5H3/b22-12-/t16-/m1/s1.